The molecule has 0 radical (unpaired) electrons. The molecule has 0 saturated heterocycles. The van der Waals surface area contributed by atoms with Crippen molar-refractivity contribution >= 4 is 35.4 Å². The Bertz CT molecular complexity index is 1590. The van der Waals surface area contributed by atoms with E-state index < -0.39 is 91.3 Å². The molecule has 19 nitrogen and oxygen atoms in total. The van der Waals surface area contributed by atoms with Crippen LogP contribution in [0.2, 0.25) is 0 Å². The zero-order valence-electron chi connectivity index (χ0n) is 39.5. The number of ether oxygens (including phenoxy) is 2. The van der Waals surface area contributed by atoms with Gasteiger partial charge in [-0.25, -0.2) is 13.7 Å². The van der Waals surface area contributed by atoms with Crippen LogP contribution in [0.5, 0.6) is 0 Å². The van der Waals surface area contributed by atoms with Crippen molar-refractivity contribution < 1.29 is 90.6 Å². The first-order valence-electron chi connectivity index (χ1n) is 23.9. The maximum atomic E-state index is 13.1. The molecular formula is C45H81O19P3. The summed E-state index contributed by atoms with van der Waals surface area (Å²) in [5.74, 6) is -1.33. The van der Waals surface area contributed by atoms with E-state index in [0.717, 1.165) is 89.9 Å². The van der Waals surface area contributed by atoms with Crippen LogP contribution in [-0.2, 0) is 50.9 Å². The van der Waals surface area contributed by atoms with E-state index in [9.17, 15) is 63.1 Å². The predicted octanol–water partition coefficient (Wildman–Crippen LogP) is 8.62. The highest BCUT2D eigenvalue weighted by atomic mass is 31.2. The summed E-state index contributed by atoms with van der Waals surface area (Å²) >= 11 is 0. The van der Waals surface area contributed by atoms with Crippen LogP contribution in [0.4, 0.5) is 0 Å². The smallest absolute Gasteiger partial charge is 0.462 e. The van der Waals surface area contributed by atoms with Gasteiger partial charge in [0.25, 0.3) is 0 Å². The molecule has 0 aromatic rings. The van der Waals surface area contributed by atoms with Crippen LogP contribution >= 0.6 is 23.5 Å². The third-order valence-electron chi connectivity index (χ3n) is 10.6. The van der Waals surface area contributed by atoms with Gasteiger partial charge in [0.1, 0.15) is 43.2 Å². The van der Waals surface area contributed by atoms with Crippen molar-refractivity contribution in [2.45, 2.75) is 211 Å². The maximum Gasteiger partial charge on any atom is 0.472 e. The standard InChI is InChI=1S/C45H81O19P3/c1-3-5-7-9-11-13-15-17-19-21-23-25-27-29-31-33-38(46)59-35-37(61-39(47)34-32-30-28-26-24-22-20-18-16-14-12-10-8-6-4-2)36-60-67(57,58)64-43-40(48)41(49)44(62-65(51,52)53)45(42(43)50)63-66(54,55)56/h6,8,12,14,17-20,37,40-45,48-50H,3-5,7,9-11,13,15-16,21-36H2,1-2H3,(H,57,58)(H2,51,52,53)(H2,54,55,56)/t37-,40?,41?,42?,43+,44?,45+/m1/s1. The lowest BCUT2D eigenvalue weighted by atomic mass is 9.85. The molecule has 1 rings (SSSR count). The normalized spacial score (nSPS) is 22.0. The van der Waals surface area contributed by atoms with Crippen molar-refractivity contribution in [3.05, 3.63) is 48.6 Å². The van der Waals surface area contributed by atoms with Gasteiger partial charge in [0.15, 0.2) is 6.10 Å². The first kappa shape index (κ1) is 63.1. The zero-order chi connectivity index (χ0) is 50.0. The Balaban J connectivity index is 2.75. The third kappa shape index (κ3) is 33.4. The molecule has 22 heteroatoms. The van der Waals surface area contributed by atoms with Gasteiger partial charge >= 0.3 is 35.4 Å². The number of aliphatic hydroxyl groups is 3. The number of esters is 2. The molecule has 0 aromatic carbocycles. The molecule has 1 aliphatic carbocycles. The van der Waals surface area contributed by atoms with Crippen LogP contribution < -0.4 is 0 Å². The van der Waals surface area contributed by atoms with Crippen LogP contribution in [0, 0.1) is 0 Å². The molecule has 8 N–H and O–H groups in total. The minimum Gasteiger partial charge on any atom is -0.462 e. The number of hydrogen-bond acceptors (Lipinski definition) is 14. The summed E-state index contributed by atoms with van der Waals surface area (Å²) in [6.45, 7) is 2.80. The van der Waals surface area contributed by atoms with Gasteiger partial charge in [-0.15, -0.1) is 0 Å². The lowest BCUT2D eigenvalue weighted by molar-refractivity contribution is -0.213. The monoisotopic (exact) mass is 1020 g/mol. The lowest BCUT2D eigenvalue weighted by Crippen LogP contribution is -2.65. The Hall–Kier alpha value is -1.89. The van der Waals surface area contributed by atoms with Gasteiger partial charge in [-0.2, -0.15) is 0 Å². The van der Waals surface area contributed by atoms with E-state index >= 15 is 0 Å². The largest absolute Gasteiger partial charge is 0.472 e. The number of rotatable bonds is 40. The average molecular weight is 1020 g/mol. The highest BCUT2D eigenvalue weighted by molar-refractivity contribution is 7.47. The summed E-state index contributed by atoms with van der Waals surface area (Å²) in [6.07, 6.45) is 22.7. The second kappa shape index (κ2) is 37.0. The van der Waals surface area contributed by atoms with Gasteiger partial charge < -0.3 is 49.3 Å². The second-order valence-electron chi connectivity index (χ2n) is 16.7. The van der Waals surface area contributed by atoms with Crippen molar-refractivity contribution in [3.63, 3.8) is 0 Å². The number of carbonyl (C=O) groups excluding carboxylic acids is 2. The van der Waals surface area contributed by atoms with Crippen molar-refractivity contribution in [1.82, 2.24) is 0 Å². The molecule has 0 bridgehead atoms. The van der Waals surface area contributed by atoms with Crippen molar-refractivity contribution in [1.29, 1.82) is 0 Å². The van der Waals surface area contributed by atoms with Crippen LogP contribution in [0.15, 0.2) is 48.6 Å². The Morgan fingerprint density at radius 3 is 1.42 bits per heavy atom. The number of carbonyl (C=O) groups is 2. The summed E-state index contributed by atoms with van der Waals surface area (Å²) in [6, 6.07) is 0. The number of allylic oxidation sites excluding steroid dienone is 8. The topological polar surface area (TPSA) is 303 Å². The van der Waals surface area contributed by atoms with E-state index in [-0.39, 0.29) is 12.8 Å². The van der Waals surface area contributed by atoms with Gasteiger partial charge in [0, 0.05) is 12.8 Å². The Morgan fingerprint density at radius 2 is 0.910 bits per heavy atom. The zero-order valence-corrected chi connectivity index (χ0v) is 42.1. The fourth-order valence-electron chi connectivity index (χ4n) is 7.06. The maximum absolute atomic E-state index is 13.1. The van der Waals surface area contributed by atoms with Gasteiger partial charge in [-0.05, 0) is 70.6 Å². The third-order valence-corrected chi connectivity index (χ3v) is 12.6. The van der Waals surface area contributed by atoms with E-state index in [0.29, 0.717) is 12.8 Å². The summed E-state index contributed by atoms with van der Waals surface area (Å²) in [5.41, 5.74) is 0. The molecule has 0 amide bonds. The van der Waals surface area contributed by atoms with Gasteiger partial charge in [-0.1, -0.05) is 133 Å². The molecule has 67 heavy (non-hydrogen) atoms. The molecular weight excluding hydrogens is 937 g/mol. The summed E-state index contributed by atoms with van der Waals surface area (Å²) in [5, 5.41) is 31.9. The summed E-state index contributed by atoms with van der Waals surface area (Å²) < 4.78 is 65.4. The second-order valence-corrected chi connectivity index (χ2v) is 20.4. The van der Waals surface area contributed by atoms with E-state index in [2.05, 4.69) is 71.5 Å². The average Bonchev–Trinajstić information content (AvgIpc) is 3.25. The number of hydrogen-bond donors (Lipinski definition) is 8. The summed E-state index contributed by atoms with van der Waals surface area (Å²) in [7, 11) is -16.6. The highest BCUT2D eigenvalue weighted by Gasteiger charge is 2.56. The van der Waals surface area contributed by atoms with E-state index in [1.54, 1.807) is 0 Å². The molecule has 1 fully saturated rings. The van der Waals surface area contributed by atoms with Crippen LogP contribution in [0.3, 0.4) is 0 Å². The Kier molecular flexibility index (Phi) is 34.8. The van der Waals surface area contributed by atoms with Crippen molar-refractivity contribution in [2.75, 3.05) is 13.2 Å². The summed E-state index contributed by atoms with van der Waals surface area (Å²) in [4.78, 5) is 73.2. The minimum atomic E-state index is -5.60. The first-order valence-corrected chi connectivity index (χ1v) is 28.5. The lowest BCUT2D eigenvalue weighted by Gasteiger charge is -2.44. The van der Waals surface area contributed by atoms with Crippen LogP contribution in [0.25, 0.3) is 0 Å². The fraction of sp³-hybridized carbons (Fsp3) is 0.778. The van der Waals surface area contributed by atoms with Crippen molar-refractivity contribution in [2.24, 2.45) is 0 Å². The molecule has 1 aliphatic rings. The quantitative estimate of drug-likeness (QED) is 0.0123. The first-order chi connectivity index (χ1) is 31.8. The highest BCUT2D eigenvalue weighted by Crippen LogP contribution is 2.51. The van der Waals surface area contributed by atoms with Gasteiger partial charge in [-0.3, -0.25) is 27.7 Å². The number of phosphoric acid groups is 3. The molecule has 1 saturated carbocycles. The Labute approximate surface area is 397 Å². The van der Waals surface area contributed by atoms with Gasteiger partial charge in [0.2, 0.25) is 0 Å². The van der Waals surface area contributed by atoms with Crippen LogP contribution in [-0.4, -0.2) is 108 Å². The molecule has 5 unspecified atom stereocenters. The molecule has 0 aliphatic heterocycles. The molecule has 390 valence electrons. The fourth-order valence-corrected chi connectivity index (χ4v) is 9.16. The number of unbranched alkanes of at least 4 members (excludes halogenated alkanes) is 16. The van der Waals surface area contributed by atoms with E-state index in [1.165, 1.54) is 38.5 Å². The number of phosphoric ester groups is 3. The number of aliphatic hydroxyl groups excluding tert-OH is 3. The van der Waals surface area contributed by atoms with Gasteiger partial charge in [0.05, 0.1) is 6.61 Å². The molecule has 8 atom stereocenters. The molecule has 0 spiro atoms. The van der Waals surface area contributed by atoms with E-state index in [1.807, 2.05) is 0 Å². The predicted molar refractivity (Wildman–Crippen MR) is 252 cm³/mol. The molecule has 0 heterocycles. The SMILES string of the molecule is CCC=CCC=CCC=CCCCCCCCC(=O)O[C@H](COC(=O)CCCCCCCC=CCCCCCCCC)COP(=O)(O)O[C@H]1C(O)C(O)C(OP(=O)(O)O)[C@@H](OP(=O)(O)O)C1O. The molecule has 0 aromatic heterocycles. The Morgan fingerprint density at radius 1 is 0.493 bits per heavy atom. The van der Waals surface area contributed by atoms with E-state index in [4.69, 9.17) is 18.5 Å². The van der Waals surface area contributed by atoms with Crippen molar-refractivity contribution in [3.8, 4) is 0 Å². The minimum absolute atomic E-state index is 0.0243. The van der Waals surface area contributed by atoms with Crippen LogP contribution in [0.1, 0.15) is 168 Å².